The Bertz CT molecular complexity index is 603. The number of ether oxygens (including phenoxy) is 2. The summed E-state index contributed by atoms with van der Waals surface area (Å²) in [5, 5.41) is 0. The second-order valence-electron chi connectivity index (χ2n) is 3.63. The molecule has 0 fully saturated rings. The molecule has 106 valence electrons. The number of rotatable bonds is 3. The minimum absolute atomic E-state index is 0.0233. The quantitative estimate of drug-likeness (QED) is 0.838. The summed E-state index contributed by atoms with van der Waals surface area (Å²) in [6.45, 7) is 0. The number of nitrogens with zero attached hydrogens (tertiary/aromatic N) is 2. The van der Waals surface area contributed by atoms with E-state index in [1.165, 1.54) is 25.4 Å². The van der Waals surface area contributed by atoms with Crippen molar-refractivity contribution >= 4 is 15.9 Å². The highest BCUT2D eigenvalue weighted by atomic mass is 79.9. The molecule has 0 aliphatic heterocycles. The van der Waals surface area contributed by atoms with Gasteiger partial charge in [-0.05, 0) is 40.2 Å². The number of aromatic nitrogens is 2. The minimum atomic E-state index is -4.38. The van der Waals surface area contributed by atoms with Crippen molar-refractivity contribution in [1.82, 2.24) is 9.97 Å². The van der Waals surface area contributed by atoms with E-state index in [1.807, 2.05) is 0 Å². The summed E-state index contributed by atoms with van der Waals surface area (Å²) in [6, 6.07) is 4.21. The molecule has 2 rings (SSSR count). The lowest BCUT2D eigenvalue weighted by atomic mass is 10.2. The molecule has 20 heavy (non-hydrogen) atoms. The van der Waals surface area contributed by atoms with E-state index in [-0.39, 0.29) is 17.6 Å². The largest absolute Gasteiger partial charge is 0.480 e. The Hall–Kier alpha value is -1.83. The van der Waals surface area contributed by atoms with Gasteiger partial charge >= 0.3 is 12.2 Å². The van der Waals surface area contributed by atoms with Crippen molar-refractivity contribution in [3.05, 3.63) is 40.5 Å². The molecule has 0 radical (unpaired) electrons. The van der Waals surface area contributed by atoms with Crippen molar-refractivity contribution < 1.29 is 22.6 Å². The number of halogens is 4. The molecule has 1 heterocycles. The van der Waals surface area contributed by atoms with Crippen LogP contribution in [0.15, 0.2) is 34.9 Å². The maximum atomic E-state index is 12.4. The summed E-state index contributed by atoms with van der Waals surface area (Å²) < 4.78 is 48.0. The molecule has 0 amide bonds. The third kappa shape index (κ3) is 3.38. The standard InChI is InChI=1S/C12H8BrF3N2O2/c1-19-10-9(13)6-17-11(18-10)20-8-4-2-7(3-5-8)12(14,15)16/h2-6H,1H3. The number of methoxy groups -OCH3 is 1. The Labute approximate surface area is 120 Å². The molecule has 0 aliphatic carbocycles. The van der Waals surface area contributed by atoms with Crippen molar-refractivity contribution in [2.75, 3.05) is 7.11 Å². The van der Waals surface area contributed by atoms with Crippen molar-refractivity contribution in [1.29, 1.82) is 0 Å². The number of benzene rings is 1. The minimum Gasteiger partial charge on any atom is -0.480 e. The third-order valence-corrected chi connectivity index (χ3v) is 2.82. The molecule has 0 saturated carbocycles. The topological polar surface area (TPSA) is 44.2 Å². The van der Waals surface area contributed by atoms with Gasteiger partial charge in [-0.15, -0.1) is 0 Å². The molecule has 0 saturated heterocycles. The van der Waals surface area contributed by atoms with Crippen LogP contribution in [0.5, 0.6) is 17.6 Å². The van der Waals surface area contributed by atoms with Crippen LogP contribution in [0.4, 0.5) is 13.2 Å². The van der Waals surface area contributed by atoms with Gasteiger partial charge in [0.25, 0.3) is 0 Å². The van der Waals surface area contributed by atoms with Crippen LogP contribution in [0.3, 0.4) is 0 Å². The Morgan fingerprint density at radius 3 is 2.35 bits per heavy atom. The van der Waals surface area contributed by atoms with Gasteiger partial charge in [0.05, 0.1) is 23.3 Å². The Kier molecular flexibility index (Phi) is 4.12. The smallest absolute Gasteiger partial charge is 0.416 e. The summed E-state index contributed by atoms with van der Waals surface area (Å²) >= 11 is 3.18. The summed E-state index contributed by atoms with van der Waals surface area (Å²) in [5.41, 5.74) is -0.751. The van der Waals surface area contributed by atoms with Gasteiger partial charge in [0, 0.05) is 0 Å². The summed E-state index contributed by atoms with van der Waals surface area (Å²) in [4.78, 5) is 7.80. The zero-order valence-corrected chi connectivity index (χ0v) is 11.7. The summed E-state index contributed by atoms with van der Waals surface area (Å²) in [5.74, 6) is 0.462. The van der Waals surface area contributed by atoms with Crippen LogP contribution in [-0.2, 0) is 6.18 Å². The number of hydrogen-bond donors (Lipinski definition) is 0. The molecule has 2 aromatic rings. The van der Waals surface area contributed by atoms with Crippen LogP contribution in [-0.4, -0.2) is 17.1 Å². The van der Waals surface area contributed by atoms with Gasteiger partial charge in [-0.3, -0.25) is 0 Å². The van der Waals surface area contributed by atoms with E-state index in [0.717, 1.165) is 12.1 Å². The van der Waals surface area contributed by atoms with E-state index in [9.17, 15) is 13.2 Å². The predicted octanol–water partition coefficient (Wildman–Crippen LogP) is 4.06. The molecule has 1 aromatic carbocycles. The highest BCUT2D eigenvalue weighted by molar-refractivity contribution is 9.10. The van der Waals surface area contributed by atoms with Crippen LogP contribution >= 0.6 is 15.9 Å². The first-order valence-electron chi connectivity index (χ1n) is 5.32. The highest BCUT2D eigenvalue weighted by Crippen LogP contribution is 2.31. The van der Waals surface area contributed by atoms with E-state index >= 15 is 0 Å². The van der Waals surface area contributed by atoms with Crippen LogP contribution in [0.2, 0.25) is 0 Å². The van der Waals surface area contributed by atoms with Crippen molar-refractivity contribution in [2.45, 2.75) is 6.18 Å². The van der Waals surface area contributed by atoms with E-state index in [0.29, 0.717) is 4.47 Å². The molecule has 0 unspecified atom stereocenters. The normalized spacial score (nSPS) is 11.2. The number of alkyl halides is 3. The van der Waals surface area contributed by atoms with Crippen LogP contribution in [0, 0.1) is 0 Å². The van der Waals surface area contributed by atoms with E-state index in [4.69, 9.17) is 9.47 Å². The summed E-state index contributed by atoms with van der Waals surface area (Å²) in [7, 11) is 1.43. The SMILES string of the molecule is COc1nc(Oc2ccc(C(F)(F)F)cc2)ncc1Br. The molecule has 0 aliphatic rings. The molecule has 0 spiro atoms. The van der Waals surface area contributed by atoms with Gasteiger partial charge < -0.3 is 9.47 Å². The molecule has 1 aromatic heterocycles. The highest BCUT2D eigenvalue weighted by Gasteiger charge is 2.30. The lowest BCUT2D eigenvalue weighted by Crippen LogP contribution is -2.04. The first kappa shape index (κ1) is 14.6. The Morgan fingerprint density at radius 2 is 1.80 bits per heavy atom. The zero-order valence-electron chi connectivity index (χ0n) is 10.1. The molecule has 4 nitrogen and oxygen atoms in total. The van der Waals surface area contributed by atoms with Gasteiger partial charge in [-0.25, -0.2) is 4.98 Å². The van der Waals surface area contributed by atoms with Gasteiger partial charge in [0.15, 0.2) is 0 Å². The lowest BCUT2D eigenvalue weighted by molar-refractivity contribution is -0.137. The van der Waals surface area contributed by atoms with E-state index < -0.39 is 11.7 Å². The Balaban J connectivity index is 2.18. The van der Waals surface area contributed by atoms with Crippen LogP contribution < -0.4 is 9.47 Å². The fourth-order valence-electron chi connectivity index (χ4n) is 1.35. The molecule has 0 atom stereocenters. The molecule has 8 heteroatoms. The molecule has 0 N–H and O–H groups in total. The van der Waals surface area contributed by atoms with Gasteiger partial charge in [-0.1, -0.05) is 0 Å². The van der Waals surface area contributed by atoms with E-state index in [1.54, 1.807) is 0 Å². The lowest BCUT2D eigenvalue weighted by Gasteiger charge is -2.08. The van der Waals surface area contributed by atoms with Gasteiger partial charge in [-0.2, -0.15) is 18.2 Å². The van der Waals surface area contributed by atoms with Crippen molar-refractivity contribution in [3.8, 4) is 17.6 Å². The first-order valence-corrected chi connectivity index (χ1v) is 6.11. The van der Waals surface area contributed by atoms with Crippen LogP contribution in [0.25, 0.3) is 0 Å². The second-order valence-corrected chi connectivity index (χ2v) is 4.49. The van der Waals surface area contributed by atoms with E-state index in [2.05, 4.69) is 25.9 Å². The maximum Gasteiger partial charge on any atom is 0.416 e. The van der Waals surface area contributed by atoms with Crippen molar-refractivity contribution in [3.63, 3.8) is 0 Å². The predicted molar refractivity (Wildman–Crippen MR) is 67.8 cm³/mol. The third-order valence-electron chi connectivity index (χ3n) is 2.27. The molecule has 0 bridgehead atoms. The average Bonchev–Trinajstić information content (AvgIpc) is 2.40. The maximum absolute atomic E-state index is 12.4. The average molecular weight is 349 g/mol. The van der Waals surface area contributed by atoms with Gasteiger partial charge in [0.1, 0.15) is 5.75 Å². The monoisotopic (exact) mass is 348 g/mol. The Morgan fingerprint density at radius 1 is 1.15 bits per heavy atom. The number of hydrogen-bond acceptors (Lipinski definition) is 4. The first-order chi connectivity index (χ1) is 9.40. The second kappa shape index (κ2) is 5.66. The van der Waals surface area contributed by atoms with Crippen molar-refractivity contribution in [2.24, 2.45) is 0 Å². The fourth-order valence-corrected chi connectivity index (χ4v) is 1.70. The zero-order chi connectivity index (χ0) is 14.8. The molecular formula is C12H8BrF3N2O2. The molecular weight excluding hydrogens is 341 g/mol. The van der Waals surface area contributed by atoms with Gasteiger partial charge in [0.2, 0.25) is 5.88 Å². The summed E-state index contributed by atoms with van der Waals surface area (Å²) in [6.07, 6.45) is -2.96. The fraction of sp³-hybridized carbons (Fsp3) is 0.167. The van der Waals surface area contributed by atoms with Crippen LogP contribution in [0.1, 0.15) is 5.56 Å².